The van der Waals surface area contributed by atoms with Gasteiger partial charge in [0, 0.05) is 0 Å². The van der Waals surface area contributed by atoms with Crippen LogP contribution < -0.4 is 14.5 Å². The molecule has 0 aliphatic rings. The molecule has 2 rings (SSSR count). The number of carbonyl (C=O) groups excluding carboxylic acids is 2. The molecule has 2 aromatic rings. The van der Waals surface area contributed by atoms with E-state index in [1.54, 1.807) is 48.5 Å². The minimum Gasteiger partial charge on any atom is -0.494 e. The zero-order chi connectivity index (χ0) is 23.0. The smallest absolute Gasteiger partial charge is 0.337 e. The Morgan fingerprint density at radius 1 is 1.13 bits per heavy atom. The molecule has 0 spiro atoms. The van der Waals surface area contributed by atoms with Crippen molar-refractivity contribution >= 4 is 33.8 Å². The summed E-state index contributed by atoms with van der Waals surface area (Å²) in [5.74, 6) is -0.470. The van der Waals surface area contributed by atoms with E-state index in [9.17, 15) is 18.0 Å². The quantitative estimate of drug-likeness (QED) is 0.358. The van der Waals surface area contributed by atoms with E-state index in [1.807, 2.05) is 6.92 Å². The van der Waals surface area contributed by atoms with Gasteiger partial charge in [0.2, 0.25) is 10.0 Å². The molecule has 31 heavy (non-hydrogen) atoms. The number of nitrogens with zero attached hydrogens (tertiary/aromatic N) is 2. The highest BCUT2D eigenvalue weighted by molar-refractivity contribution is 7.92. The van der Waals surface area contributed by atoms with Gasteiger partial charge in [-0.2, -0.15) is 5.10 Å². The summed E-state index contributed by atoms with van der Waals surface area (Å²) in [7, 11) is -2.45. The number of ether oxygens (including phenoxy) is 2. The Morgan fingerprint density at radius 2 is 1.74 bits per heavy atom. The average molecular weight is 448 g/mol. The van der Waals surface area contributed by atoms with Gasteiger partial charge in [-0.25, -0.2) is 18.6 Å². The highest BCUT2D eigenvalue weighted by Gasteiger charge is 2.29. The Hall–Kier alpha value is -3.40. The predicted molar refractivity (Wildman–Crippen MR) is 118 cm³/mol. The molecule has 0 saturated carbocycles. The summed E-state index contributed by atoms with van der Waals surface area (Å²) in [5, 5.41) is 3.87. The van der Waals surface area contributed by atoms with Gasteiger partial charge >= 0.3 is 5.97 Å². The number of amides is 1. The third kappa shape index (κ3) is 6.54. The van der Waals surface area contributed by atoms with Gasteiger partial charge in [-0.1, -0.05) is 12.1 Å². The highest BCUT2D eigenvalue weighted by Crippen LogP contribution is 2.24. The van der Waals surface area contributed by atoms with Crippen LogP contribution >= 0.6 is 0 Å². The Kier molecular flexibility index (Phi) is 8.14. The van der Waals surface area contributed by atoms with Crippen LogP contribution in [0.5, 0.6) is 5.75 Å². The maximum atomic E-state index is 12.5. The van der Waals surface area contributed by atoms with Crippen LogP contribution in [0.15, 0.2) is 53.6 Å². The largest absolute Gasteiger partial charge is 0.494 e. The zero-order valence-electron chi connectivity index (χ0n) is 17.7. The normalized spacial score (nSPS) is 12.3. The second-order valence-electron chi connectivity index (χ2n) is 6.51. The van der Waals surface area contributed by atoms with Crippen molar-refractivity contribution in [3.8, 4) is 5.75 Å². The molecule has 0 aliphatic carbocycles. The molecular weight excluding hydrogens is 422 g/mol. The van der Waals surface area contributed by atoms with Crippen molar-refractivity contribution < 1.29 is 27.5 Å². The van der Waals surface area contributed by atoms with Gasteiger partial charge < -0.3 is 9.47 Å². The van der Waals surface area contributed by atoms with E-state index in [0.717, 1.165) is 10.6 Å². The first-order valence-corrected chi connectivity index (χ1v) is 11.3. The summed E-state index contributed by atoms with van der Waals surface area (Å²) >= 11 is 0. The molecule has 0 aromatic heterocycles. The molecule has 0 bridgehead atoms. The lowest BCUT2D eigenvalue weighted by Gasteiger charge is -2.27. The third-order valence-corrected chi connectivity index (χ3v) is 5.45. The van der Waals surface area contributed by atoms with Gasteiger partial charge in [-0.15, -0.1) is 0 Å². The molecule has 9 nitrogen and oxygen atoms in total. The topological polar surface area (TPSA) is 114 Å². The Balaban J connectivity index is 2.11. The number of benzene rings is 2. The number of anilines is 1. The Bertz CT molecular complexity index is 1030. The highest BCUT2D eigenvalue weighted by atomic mass is 32.2. The molecule has 0 unspecified atom stereocenters. The fourth-order valence-electron chi connectivity index (χ4n) is 2.75. The van der Waals surface area contributed by atoms with Gasteiger partial charge in [0.25, 0.3) is 5.91 Å². The molecule has 0 saturated heterocycles. The third-order valence-electron chi connectivity index (χ3n) is 4.21. The van der Waals surface area contributed by atoms with Crippen molar-refractivity contribution in [2.24, 2.45) is 5.10 Å². The molecule has 0 fully saturated rings. The van der Waals surface area contributed by atoms with Crippen LogP contribution in [0, 0.1) is 0 Å². The van der Waals surface area contributed by atoms with Crippen LogP contribution in [-0.2, 0) is 19.6 Å². The number of hydrogen-bond donors (Lipinski definition) is 1. The predicted octanol–water partition coefficient (Wildman–Crippen LogP) is 2.18. The summed E-state index contributed by atoms with van der Waals surface area (Å²) in [6.45, 7) is 3.79. The summed E-state index contributed by atoms with van der Waals surface area (Å²) in [6.07, 6.45) is 2.41. The Labute approximate surface area is 181 Å². The van der Waals surface area contributed by atoms with E-state index >= 15 is 0 Å². The first kappa shape index (κ1) is 23.9. The van der Waals surface area contributed by atoms with Crippen molar-refractivity contribution in [3.63, 3.8) is 0 Å². The minimum atomic E-state index is -3.74. The van der Waals surface area contributed by atoms with E-state index < -0.39 is 27.9 Å². The van der Waals surface area contributed by atoms with Crippen molar-refractivity contribution in [2.75, 3.05) is 24.3 Å². The van der Waals surface area contributed by atoms with E-state index in [2.05, 4.69) is 15.3 Å². The molecule has 0 aliphatic heterocycles. The van der Waals surface area contributed by atoms with Gasteiger partial charge in [-0.05, 0) is 55.8 Å². The maximum Gasteiger partial charge on any atom is 0.337 e. The number of sulfonamides is 1. The summed E-state index contributed by atoms with van der Waals surface area (Å²) < 4.78 is 35.7. The van der Waals surface area contributed by atoms with Crippen molar-refractivity contribution in [3.05, 3.63) is 59.7 Å². The molecule has 1 amide bonds. The SMILES string of the molecule is CCOc1ccc(N([C@@H](C)C(=O)N/N=C\c2ccc(C(=O)OC)cc2)S(C)(=O)=O)cc1. The Morgan fingerprint density at radius 3 is 2.26 bits per heavy atom. The van der Waals surface area contributed by atoms with Crippen LogP contribution in [0.4, 0.5) is 5.69 Å². The number of esters is 1. The number of nitrogens with one attached hydrogen (secondary N) is 1. The average Bonchev–Trinajstić information content (AvgIpc) is 2.74. The van der Waals surface area contributed by atoms with Gasteiger partial charge in [-0.3, -0.25) is 9.10 Å². The van der Waals surface area contributed by atoms with E-state index in [1.165, 1.54) is 20.2 Å². The van der Waals surface area contributed by atoms with Crippen molar-refractivity contribution in [1.29, 1.82) is 0 Å². The fourth-order valence-corrected chi connectivity index (χ4v) is 3.93. The van der Waals surface area contributed by atoms with Crippen LogP contribution in [0.3, 0.4) is 0 Å². The number of hydrogen-bond acceptors (Lipinski definition) is 7. The summed E-state index contributed by atoms with van der Waals surface area (Å²) in [4.78, 5) is 24.0. The molecular formula is C21H25N3O6S. The maximum absolute atomic E-state index is 12.5. The second kappa shape index (κ2) is 10.6. The van der Waals surface area contributed by atoms with Crippen molar-refractivity contribution in [2.45, 2.75) is 19.9 Å². The first-order valence-electron chi connectivity index (χ1n) is 9.41. The van der Waals surface area contributed by atoms with Gasteiger partial charge in [0.05, 0.1) is 37.4 Å². The lowest BCUT2D eigenvalue weighted by Crippen LogP contribution is -2.46. The van der Waals surface area contributed by atoms with Crippen LogP contribution in [0.1, 0.15) is 29.8 Å². The molecule has 166 valence electrons. The molecule has 1 N–H and O–H groups in total. The van der Waals surface area contributed by atoms with E-state index in [-0.39, 0.29) is 0 Å². The lowest BCUT2D eigenvalue weighted by molar-refractivity contribution is -0.121. The van der Waals surface area contributed by atoms with E-state index in [0.29, 0.717) is 29.2 Å². The van der Waals surface area contributed by atoms with Gasteiger partial charge in [0.15, 0.2) is 0 Å². The number of methoxy groups -OCH3 is 1. The second-order valence-corrected chi connectivity index (χ2v) is 8.37. The number of hydrazone groups is 1. The first-order chi connectivity index (χ1) is 14.7. The minimum absolute atomic E-state index is 0.330. The molecule has 2 aromatic carbocycles. The van der Waals surface area contributed by atoms with Crippen LogP contribution in [0.2, 0.25) is 0 Å². The van der Waals surface area contributed by atoms with Crippen molar-refractivity contribution in [1.82, 2.24) is 5.43 Å². The number of rotatable bonds is 9. The molecule has 0 heterocycles. The van der Waals surface area contributed by atoms with Gasteiger partial charge in [0.1, 0.15) is 11.8 Å². The molecule has 1 atom stereocenters. The van der Waals surface area contributed by atoms with Crippen LogP contribution in [0.25, 0.3) is 0 Å². The summed E-state index contributed by atoms with van der Waals surface area (Å²) in [5.41, 5.74) is 3.69. The van der Waals surface area contributed by atoms with Crippen LogP contribution in [-0.4, -0.2) is 52.5 Å². The van der Waals surface area contributed by atoms with E-state index in [4.69, 9.17) is 4.74 Å². The zero-order valence-corrected chi connectivity index (χ0v) is 18.5. The number of carbonyl (C=O) groups is 2. The lowest BCUT2D eigenvalue weighted by atomic mass is 10.1. The summed E-state index contributed by atoms with van der Waals surface area (Å²) in [6, 6.07) is 11.8. The molecule has 10 heteroatoms. The fraction of sp³-hybridized carbons (Fsp3) is 0.286. The molecule has 0 radical (unpaired) electrons. The monoisotopic (exact) mass is 447 g/mol. The standard InChI is InChI=1S/C21H25N3O6S/c1-5-30-19-12-10-18(11-13-19)24(31(4,27)28)15(2)20(25)23-22-14-16-6-8-17(9-7-16)21(26)29-3/h6-15H,5H2,1-4H3,(H,23,25)/b22-14-/t15-/m0/s1.